The number of pyridine rings is 1. The van der Waals surface area contributed by atoms with Gasteiger partial charge in [-0.3, -0.25) is 5.43 Å². The highest BCUT2D eigenvalue weighted by Gasteiger charge is 1.94. The van der Waals surface area contributed by atoms with Crippen molar-refractivity contribution in [3.63, 3.8) is 0 Å². The van der Waals surface area contributed by atoms with Gasteiger partial charge in [0.2, 0.25) is 0 Å². The molecule has 0 atom stereocenters. The summed E-state index contributed by atoms with van der Waals surface area (Å²) in [7, 11) is 0. The Hall–Kier alpha value is -2.55. The molecule has 1 aromatic rings. The average Bonchev–Trinajstić information content (AvgIpc) is 2.35. The summed E-state index contributed by atoms with van der Waals surface area (Å²) in [6.07, 6.45) is 4.14. The number of esters is 1. The topological polar surface area (TPSA) is 87.0 Å². The van der Waals surface area contributed by atoms with E-state index in [2.05, 4.69) is 20.6 Å². The number of nitrogens with one attached hydrogen (secondary N) is 2. The molecule has 6 heteroatoms. The second-order valence-corrected chi connectivity index (χ2v) is 2.90. The van der Waals surface area contributed by atoms with Gasteiger partial charge in [0.15, 0.2) is 0 Å². The van der Waals surface area contributed by atoms with Crippen molar-refractivity contribution >= 4 is 11.8 Å². The molecule has 0 aliphatic carbocycles. The number of hydrogen-bond acceptors (Lipinski definition) is 6. The van der Waals surface area contributed by atoms with Gasteiger partial charge in [0.25, 0.3) is 0 Å². The summed E-state index contributed by atoms with van der Waals surface area (Å²) >= 11 is 0. The summed E-state index contributed by atoms with van der Waals surface area (Å²) in [4.78, 5) is 14.9. The molecule has 0 fully saturated rings. The molecule has 0 amide bonds. The maximum absolute atomic E-state index is 10.9. The van der Waals surface area contributed by atoms with E-state index < -0.39 is 5.97 Å². The van der Waals surface area contributed by atoms with Crippen molar-refractivity contribution in [3.05, 3.63) is 36.2 Å². The minimum atomic E-state index is -0.430. The predicted octanol–water partition coefficient (Wildman–Crippen LogP) is 0.947. The van der Waals surface area contributed by atoms with E-state index in [9.17, 15) is 4.79 Å². The molecule has 0 aliphatic heterocycles. The fourth-order valence-electron chi connectivity index (χ4n) is 0.984. The van der Waals surface area contributed by atoms with Crippen LogP contribution in [0.3, 0.4) is 0 Å². The fraction of sp³-hybridized carbons (Fsp3) is 0.182. The van der Waals surface area contributed by atoms with Crippen molar-refractivity contribution in [2.45, 2.75) is 6.92 Å². The molecule has 0 aliphatic rings. The highest BCUT2D eigenvalue weighted by molar-refractivity contribution is 5.81. The molecule has 88 valence electrons. The third-order valence-corrected chi connectivity index (χ3v) is 1.68. The maximum atomic E-state index is 10.9. The molecule has 0 bridgehead atoms. The van der Waals surface area contributed by atoms with E-state index in [1.54, 1.807) is 19.1 Å². The first kappa shape index (κ1) is 12.5. The molecule has 0 saturated carbocycles. The van der Waals surface area contributed by atoms with Gasteiger partial charge in [-0.05, 0) is 19.1 Å². The van der Waals surface area contributed by atoms with E-state index in [1.807, 2.05) is 6.07 Å². The molecular weight excluding hydrogens is 220 g/mol. The van der Waals surface area contributed by atoms with Crippen LogP contribution in [0.5, 0.6) is 0 Å². The monoisotopic (exact) mass is 232 g/mol. The summed E-state index contributed by atoms with van der Waals surface area (Å²) in [6, 6.07) is 5.16. The van der Waals surface area contributed by atoms with Crippen LogP contribution in [0.4, 0.5) is 5.82 Å². The Morgan fingerprint density at radius 3 is 3.24 bits per heavy atom. The molecule has 1 heterocycles. The van der Waals surface area contributed by atoms with Crippen LogP contribution in [0.25, 0.3) is 0 Å². The van der Waals surface area contributed by atoms with Crippen LogP contribution in [0, 0.1) is 11.3 Å². The first-order valence-corrected chi connectivity index (χ1v) is 4.97. The smallest absolute Gasteiger partial charge is 0.332 e. The molecule has 0 aromatic carbocycles. The molecule has 0 unspecified atom stereocenters. The number of aromatic nitrogens is 1. The summed E-state index contributed by atoms with van der Waals surface area (Å²) in [6.45, 7) is 2.07. The highest BCUT2D eigenvalue weighted by Crippen LogP contribution is 2.03. The van der Waals surface area contributed by atoms with Crippen molar-refractivity contribution in [3.8, 4) is 6.07 Å². The third-order valence-electron chi connectivity index (χ3n) is 1.68. The number of rotatable bonds is 5. The Kier molecular flexibility index (Phi) is 5.04. The Bertz CT molecular complexity index is 451. The van der Waals surface area contributed by atoms with Gasteiger partial charge >= 0.3 is 5.97 Å². The first-order valence-electron chi connectivity index (χ1n) is 4.97. The maximum Gasteiger partial charge on any atom is 0.332 e. The molecule has 6 nitrogen and oxygen atoms in total. The molecule has 17 heavy (non-hydrogen) atoms. The second-order valence-electron chi connectivity index (χ2n) is 2.90. The molecule has 0 spiro atoms. The number of hydrogen-bond donors (Lipinski definition) is 2. The zero-order valence-corrected chi connectivity index (χ0v) is 9.30. The highest BCUT2D eigenvalue weighted by atomic mass is 16.5. The summed E-state index contributed by atoms with van der Waals surface area (Å²) in [5, 5.41) is 8.66. The van der Waals surface area contributed by atoms with Gasteiger partial charge < -0.3 is 10.2 Å². The lowest BCUT2D eigenvalue weighted by Crippen LogP contribution is -2.16. The quantitative estimate of drug-likeness (QED) is 0.446. The van der Waals surface area contributed by atoms with E-state index in [0.29, 0.717) is 18.0 Å². The lowest BCUT2D eigenvalue weighted by Gasteiger charge is -2.04. The summed E-state index contributed by atoms with van der Waals surface area (Å²) in [5.74, 6) is 0.0538. The van der Waals surface area contributed by atoms with Crippen LogP contribution < -0.4 is 10.9 Å². The van der Waals surface area contributed by atoms with Crippen LogP contribution in [0.2, 0.25) is 0 Å². The lowest BCUT2D eigenvalue weighted by molar-refractivity contribution is -0.137. The largest absolute Gasteiger partial charge is 0.463 e. The Morgan fingerprint density at radius 2 is 2.53 bits per heavy atom. The molecule has 0 saturated heterocycles. The van der Waals surface area contributed by atoms with Gasteiger partial charge in [0, 0.05) is 18.5 Å². The van der Waals surface area contributed by atoms with Crippen LogP contribution in [0.15, 0.2) is 30.6 Å². The van der Waals surface area contributed by atoms with Crippen molar-refractivity contribution in [2.24, 2.45) is 0 Å². The first-order chi connectivity index (χ1) is 8.26. The van der Waals surface area contributed by atoms with E-state index >= 15 is 0 Å². The van der Waals surface area contributed by atoms with Crippen molar-refractivity contribution < 1.29 is 9.53 Å². The number of hydrazine groups is 1. The normalized spacial score (nSPS) is 9.65. The summed E-state index contributed by atoms with van der Waals surface area (Å²) < 4.78 is 4.68. The molecular formula is C11H12N4O2. The van der Waals surface area contributed by atoms with Crippen LogP contribution in [-0.2, 0) is 9.53 Å². The van der Waals surface area contributed by atoms with Gasteiger partial charge in [-0.15, -0.1) is 0 Å². The van der Waals surface area contributed by atoms with E-state index in [-0.39, 0.29) is 0 Å². The van der Waals surface area contributed by atoms with Gasteiger partial charge in [-0.2, -0.15) is 5.26 Å². The van der Waals surface area contributed by atoms with Gasteiger partial charge in [-0.25, -0.2) is 9.78 Å². The number of nitrogens with zero attached hydrogens (tertiary/aromatic N) is 2. The van der Waals surface area contributed by atoms with Gasteiger partial charge in [0.1, 0.15) is 5.82 Å². The van der Waals surface area contributed by atoms with Crippen LogP contribution >= 0.6 is 0 Å². The molecule has 1 rings (SSSR count). The SMILES string of the molecule is CCOC(=O)/C=C/NNc1cc(C#N)ccn1. The van der Waals surface area contributed by atoms with E-state index in [4.69, 9.17) is 5.26 Å². The van der Waals surface area contributed by atoms with E-state index in [1.165, 1.54) is 18.5 Å². The molecule has 0 radical (unpaired) electrons. The van der Waals surface area contributed by atoms with Crippen LogP contribution in [-0.4, -0.2) is 17.6 Å². The van der Waals surface area contributed by atoms with Crippen molar-refractivity contribution in [2.75, 3.05) is 12.0 Å². The Labute approximate surface area is 98.9 Å². The Morgan fingerprint density at radius 1 is 1.71 bits per heavy atom. The number of nitriles is 1. The van der Waals surface area contributed by atoms with Crippen molar-refractivity contribution in [1.82, 2.24) is 10.4 Å². The van der Waals surface area contributed by atoms with Crippen LogP contribution in [0.1, 0.15) is 12.5 Å². The second kappa shape index (κ2) is 6.85. The minimum absolute atomic E-state index is 0.336. The number of ether oxygens (including phenoxy) is 1. The predicted molar refractivity (Wildman–Crippen MR) is 61.5 cm³/mol. The van der Waals surface area contributed by atoms with Gasteiger partial charge in [0.05, 0.1) is 18.2 Å². The third kappa shape index (κ3) is 4.66. The standard InChI is InChI=1S/C11H12N4O2/c1-2-17-11(16)4-6-14-15-10-7-9(8-12)3-5-13-10/h3-7,14H,2H2,1H3,(H,13,15)/b6-4+. The molecule has 1 aromatic heterocycles. The number of anilines is 1. The minimum Gasteiger partial charge on any atom is -0.463 e. The zero-order valence-electron chi connectivity index (χ0n) is 9.30. The van der Waals surface area contributed by atoms with E-state index in [0.717, 1.165) is 0 Å². The summed E-state index contributed by atoms with van der Waals surface area (Å²) in [5.41, 5.74) is 5.85. The average molecular weight is 232 g/mol. The number of carbonyl (C=O) groups is 1. The van der Waals surface area contributed by atoms with Gasteiger partial charge in [-0.1, -0.05) is 0 Å². The molecule has 2 N–H and O–H groups in total. The Balaban J connectivity index is 2.41. The zero-order chi connectivity index (χ0) is 12.5. The number of carbonyl (C=O) groups excluding carboxylic acids is 1. The fourth-order valence-corrected chi connectivity index (χ4v) is 0.984. The van der Waals surface area contributed by atoms with Crippen molar-refractivity contribution in [1.29, 1.82) is 5.26 Å². The lowest BCUT2D eigenvalue weighted by atomic mass is 10.3.